The average molecular weight is 286 g/mol. The van der Waals surface area contributed by atoms with E-state index in [0.29, 0.717) is 17.0 Å². The van der Waals surface area contributed by atoms with Crippen molar-refractivity contribution in [2.45, 2.75) is 13.5 Å². The van der Waals surface area contributed by atoms with E-state index >= 15 is 0 Å². The minimum Gasteiger partial charge on any atom is -0.465 e. The van der Waals surface area contributed by atoms with Gasteiger partial charge in [-0.3, -0.25) is 0 Å². The van der Waals surface area contributed by atoms with Crippen molar-refractivity contribution >= 4 is 23.0 Å². The molecule has 1 aromatic heterocycles. The van der Waals surface area contributed by atoms with E-state index in [1.807, 2.05) is 25.1 Å². The molecule has 0 fully saturated rings. The summed E-state index contributed by atoms with van der Waals surface area (Å²) in [5.41, 5.74) is 2.48. The third-order valence-corrected chi connectivity index (χ3v) is 3.86. The molecule has 0 saturated carbocycles. The summed E-state index contributed by atoms with van der Waals surface area (Å²) in [5.74, 6) is -0.337. The molecule has 0 aliphatic heterocycles. The molecule has 4 nitrogen and oxygen atoms in total. The molecule has 0 aliphatic carbocycles. The Kier molecular flexibility index (Phi) is 4.38. The summed E-state index contributed by atoms with van der Waals surface area (Å²) in [6, 6.07) is 11.3. The Labute approximate surface area is 121 Å². The van der Waals surface area contributed by atoms with Crippen molar-refractivity contribution in [1.82, 2.24) is 0 Å². The molecule has 0 aliphatic rings. The van der Waals surface area contributed by atoms with Crippen LogP contribution in [0.3, 0.4) is 0 Å². The second-order valence-electron chi connectivity index (χ2n) is 4.25. The molecule has 1 heterocycles. The van der Waals surface area contributed by atoms with Crippen LogP contribution in [0.5, 0.6) is 0 Å². The van der Waals surface area contributed by atoms with Crippen LogP contribution in [0.15, 0.2) is 30.3 Å². The van der Waals surface area contributed by atoms with Gasteiger partial charge in [-0.2, -0.15) is 5.26 Å². The van der Waals surface area contributed by atoms with Crippen LogP contribution >= 0.6 is 11.3 Å². The van der Waals surface area contributed by atoms with Gasteiger partial charge in [-0.15, -0.1) is 11.3 Å². The number of nitriles is 1. The molecule has 0 unspecified atom stereocenters. The molecule has 1 aromatic carbocycles. The predicted molar refractivity (Wildman–Crippen MR) is 78.9 cm³/mol. The molecular formula is C15H14N2O2S. The summed E-state index contributed by atoms with van der Waals surface area (Å²) in [6.45, 7) is 2.59. The number of esters is 1. The van der Waals surface area contributed by atoms with Crippen molar-refractivity contribution in [3.8, 4) is 6.07 Å². The Morgan fingerprint density at radius 1 is 1.40 bits per heavy atom. The summed E-state index contributed by atoms with van der Waals surface area (Å²) < 4.78 is 4.69. The second-order valence-corrected chi connectivity index (χ2v) is 5.42. The second kappa shape index (κ2) is 6.22. The summed E-state index contributed by atoms with van der Waals surface area (Å²) in [5, 5.41) is 12.1. The number of ether oxygens (including phenoxy) is 1. The molecule has 0 amide bonds. The van der Waals surface area contributed by atoms with E-state index in [2.05, 4.69) is 16.1 Å². The highest BCUT2D eigenvalue weighted by molar-refractivity contribution is 7.12. The van der Waals surface area contributed by atoms with Crippen LogP contribution in [0.4, 0.5) is 5.69 Å². The molecular weight excluding hydrogens is 272 g/mol. The lowest BCUT2D eigenvalue weighted by atomic mass is 10.1. The van der Waals surface area contributed by atoms with E-state index in [1.54, 1.807) is 12.1 Å². The molecule has 1 N–H and O–H groups in total. The van der Waals surface area contributed by atoms with Gasteiger partial charge in [0.2, 0.25) is 0 Å². The number of nitrogens with zero attached hydrogens (tertiary/aromatic N) is 1. The summed E-state index contributed by atoms with van der Waals surface area (Å²) >= 11 is 1.47. The first-order valence-electron chi connectivity index (χ1n) is 6.05. The number of aryl methyl sites for hydroxylation is 1. The average Bonchev–Trinajstić information content (AvgIpc) is 2.93. The van der Waals surface area contributed by atoms with Crippen molar-refractivity contribution in [2.75, 3.05) is 12.4 Å². The number of anilines is 1. The van der Waals surface area contributed by atoms with E-state index in [-0.39, 0.29) is 5.97 Å². The minimum atomic E-state index is -0.337. The molecule has 102 valence electrons. The Morgan fingerprint density at radius 2 is 2.20 bits per heavy atom. The molecule has 0 spiro atoms. The Morgan fingerprint density at radius 3 is 2.80 bits per heavy atom. The lowest BCUT2D eigenvalue weighted by molar-refractivity contribution is 0.0600. The molecule has 0 saturated heterocycles. The van der Waals surface area contributed by atoms with E-state index in [4.69, 9.17) is 5.26 Å². The fraction of sp³-hybridized carbons (Fsp3) is 0.200. The van der Waals surface area contributed by atoms with Crippen LogP contribution in [0.2, 0.25) is 0 Å². The number of benzene rings is 1. The Hall–Kier alpha value is -2.32. The van der Waals surface area contributed by atoms with Gasteiger partial charge in [0.15, 0.2) is 0 Å². The molecule has 2 aromatic rings. The topological polar surface area (TPSA) is 62.1 Å². The summed E-state index contributed by atoms with van der Waals surface area (Å²) in [6.07, 6.45) is 0. The fourth-order valence-electron chi connectivity index (χ4n) is 1.82. The van der Waals surface area contributed by atoms with E-state index in [1.165, 1.54) is 18.4 Å². The monoisotopic (exact) mass is 286 g/mol. The molecule has 0 bridgehead atoms. The largest absolute Gasteiger partial charge is 0.465 e. The maximum absolute atomic E-state index is 11.4. The molecule has 5 heteroatoms. The molecule has 0 radical (unpaired) electrons. The van der Waals surface area contributed by atoms with Crippen LogP contribution in [0.25, 0.3) is 0 Å². The maximum atomic E-state index is 11.4. The van der Waals surface area contributed by atoms with Crippen molar-refractivity contribution < 1.29 is 9.53 Å². The summed E-state index contributed by atoms with van der Waals surface area (Å²) in [4.78, 5) is 13.2. The van der Waals surface area contributed by atoms with Crippen LogP contribution < -0.4 is 5.32 Å². The zero-order valence-corrected chi connectivity index (χ0v) is 12.1. The SMILES string of the molecule is COC(=O)c1ccc(NCc2ccc(C#N)s2)c(C)c1. The first kappa shape index (κ1) is 14.1. The standard InChI is InChI=1S/C15H14N2O2S/c1-10-7-11(15(18)19-2)3-6-14(10)17-9-13-5-4-12(8-16)20-13/h3-7,17H,9H2,1-2H3. The van der Waals surface area contributed by atoms with Gasteiger partial charge in [0.05, 0.1) is 12.7 Å². The fourth-order valence-corrected chi connectivity index (χ4v) is 2.57. The van der Waals surface area contributed by atoms with Crippen LogP contribution in [-0.4, -0.2) is 13.1 Å². The molecule has 2 rings (SSSR count). The zero-order chi connectivity index (χ0) is 14.5. The zero-order valence-electron chi connectivity index (χ0n) is 11.3. The van der Waals surface area contributed by atoms with Crippen molar-refractivity contribution in [3.63, 3.8) is 0 Å². The number of rotatable bonds is 4. The number of carbonyl (C=O) groups is 1. The molecule has 0 atom stereocenters. The lowest BCUT2D eigenvalue weighted by Gasteiger charge is -2.09. The number of methoxy groups -OCH3 is 1. The van der Waals surface area contributed by atoms with Crippen molar-refractivity contribution in [2.24, 2.45) is 0 Å². The van der Waals surface area contributed by atoms with Gasteiger partial charge in [0.25, 0.3) is 0 Å². The van der Waals surface area contributed by atoms with Gasteiger partial charge in [-0.05, 0) is 42.8 Å². The minimum absolute atomic E-state index is 0.337. The van der Waals surface area contributed by atoms with Gasteiger partial charge in [-0.1, -0.05) is 0 Å². The van der Waals surface area contributed by atoms with Crippen LogP contribution in [0, 0.1) is 18.3 Å². The van der Waals surface area contributed by atoms with Gasteiger partial charge < -0.3 is 10.1 Å². The van der Waals surface area contributed by atoms with E-state index in [0.717, 1.165) is 16.1 Å². The number of hydrogen-bond acceptors (Lipinski definition) is 5. The highest BCUT2D eigenvalue weighted by Crippen LogP contribution is 2.20. The van der Waals surface area contributed by atoms with Crippen molar-refractivity contribution in [1.29, 1.82) is 5.26 Å². The Balaban J connectivity index is 2.06. The van der Waals surface area contributed by atoms with Gasteiger partial charge in [0, 0.05) is 17.1 Å². The first-order chi connectivity index (χ1) is 9.63. The van der Waals surface area contributed by atoms with Crippen LogP contribution in [-0.2, 0) is 11.3 Å². The van der Waals surface area contributed by atoms with Gasteiger partial charge in [0.1, 0.15) is 10.9 Å². The highest BCUT2D eigenvalue weighted by Gasteiger charge is 2.07. The predicted octanol–water partition coefficient (Wildman–Crippen LogP) is 3.33. The highest BCUT2D eigenvalue weighted by atomic mass is 32.1. The number of hydrogen-bond donors (Lipinski definition) is 1. The van der Waals surface area contributed by atoms with E-state index < -0.39 is 0 Å². The number of thiophene rings is 1. The smallest absolute Gasteiger partial charge is 0.337 e. The molecule has 20 heavy (non-hydrogen) atoms. The Bertz CT molecular complexity index is 671. The number of nitrogens with one attached hydrogen (secondary N) is 1. The number of carbonyl (C=O) groups excluding carboxylic acids is 1. The third kappa shape index (κ3) is 3.16. The lowest BCUT2D eigenvalue weighted by Crippen LogP contribution is -2.04. The maximum Gasteiger partial charge on any atom is 0.337 e. The van der Waals surface area contributed by atoms with Crippen molar-refractivity contribution in [3.05, 3.63) is 51.2 Å². The quantitative estimate of drug-likeness (QED) is 0.876. The first-order valence-corrected chi connectivity index (χ1v) is 6.87. The van der Waals surface area contributed by atoms with Crippen LogP contribution in [0.1, 0.15) is 25.7 Å². The third-order valence-electron chi connectivity index (χ3n) is 2.87. The van der Waals surface area contributed by atoms with Gasteiger partial charge >= 0.3 is 5.97 Å². The normalized spacial score (nSPS) is 9.85. The summed E-state index contributed by atoms with van der Waals surface area (Å²) in [7, 11) is 1.37. The van der Waals surface area contributed by atoms with Gasteiger partial charge in [-0.25, -0.2) is 4.79 Å². The van der Waals surface area contributed by atoms with E-state index in [9.17, 15) is 4.79 Å².